The number of carbonyl (C=O) groups is 3. The zero-order valence-electron chi connectivity index (χ0n) is 27.0. The third-order valence-corrected chi connectivity index (χ3v) is 10.3. The molecule has 272 valence electrons. The molecule has 0 aliphatic carbocycles. The number of nitrogens with zero attached hydrogens (tertiary/aromatic N) is 5. The minimum atomic E-state index is -5.08. The maximum absolute atomic E-state index is 14.5. The molecule has 5 N–H and O–H groups in total. The number of hydrogen-bond acceptors (Lipinski definition) is 9. The Labute approximate surface area is 291 Å². The molecule has 2 fully saturated rings. The second kappa shape index (κ2) is 14.6. The van der Waals surface area contributed by atoms with Crippen molar-refractivity contribution in [1.29, 1.82) is 0 Å². The van der Waals surface area contributed by atoms with Gasteiger partial charge in [-0.1, -0.05) is 6.07 Å². The number of carbonyl (C=O) groups excluding carboxylic acids is 2. The monoisotopic (exact) mass is 735 g/mol. The lowest BCUT2D eigenvalue weighted by atomic mass is 9.92. The SMILES string of the molecule is NC(=O)C1CCN(C(=O)c2cc(-c3cccs3)nc3c4c(nn23)CCN([C@H]2CO[C@H](c3cc(F)ccc3F)[C@@H](N)C2)C4)CC1.O=C(O)C(F)(F)F. The molecule has 3 aliphatic rings. The number of aliphatic carboxylic acids is 1. The Kier molecular flexibility index (Phi) is 10.4. The summed E-state index contributed by atoms with van der Waals surface area (Å²) in [6, 6.07) is 8.52. The highest BCUT2D eigenvalue weighted by molar-refractivity contribution is 7.13. The van der Waals surface area contributed by atoms with Crippen LogP contribution in [0.25, 0.3) is 16.2 Å². The van der Waals surface area contributed by atoms with Gasteiger partial charge in [0.2, 0.25) is 5.91 Å². The van der Waals surface area contributed by atoms with Crippen LogP contribution in [-0.4, -0.2) is 91.8 Å². The number of carboxylic acids is 1. The maximum Gasteiger partial charge on any atom is 0.490 e. The molecule has 0 spiro atoms. The van der Waals surface area contributed by atoms with Crippen molar-refractivity contribution in [3.8, 4) is 10.6 Å². The number of piperidine rings is 1. The van der Waals surface area contributed by atoms with Crippen LogP contribution in [-0.2, 0) is 27.3 Å². The third kappa shape index (κ3) is 7.73. The summed E-state index contributed by atoms with van der Waals surface area (Å²) in [7, 11) is 0. The Balaban J connectivity index is 0.000000582. The first-order valence-corrected chi connectivity index (χ1v) is 17.0. The second-order valence-corrected chi connectivity index (χ2v) is 13.6. The number of ether oxygens (including phenoxy) is 1. The van der Waals surface area contributed by atoms with Crippen molar-refractivity contribution in [2.45, 2.75) is 56.6 Å². The van der Waals surface area contributed by atoms with Crippen LogP contribution in [0.4, 0.5) is 22.0 Å². The van der Waals surface area contributed by atoms with Gasteiger partial charge in [-0.2, -0.15) is 18.3 Å². The van der Waals surface area contributed by atoms with E-state index in [1.807, 2.05) is 17.5 Å². The molecule has 2 saturated heterocycles. The van der Waals surface area contributed by atoms with Crippen molar-refractivity contribution in [2.24, 2.45) is 17.4 Å². The molecular formula is C33H34F5N7O5S. The highest BCUT2D eigenvalue weighted by atomic mass is 32.1. The summed E-state index contributed by atoms with van der Waals surface area (Å²) in [6.45, 7) is 2.46. The van der Waals surface area contributed by atoms with Gasteiger partial charge in [0.15, 0.2) is 5.65 Å². The Morgan fingerprint density at radius 1 is 1.06 bits per heavy atom. The van der Waals surface area contributed by atoms with Gasteiger partial charge in [0.25, 0.3) is 5.91 Å². The van der Waals surface area contributed by atoms with E-state index in [0.29, 0.717) is 75.5 Å². The molecular weight excluding hydrogens is 701 g/mol. The van der Waals surface area contributed by atoms with E-state index in [2.05, 4.69) is 4.90 Å². The van der Waals surface area contributed by atoms with Crippen molar-refractivity contribution in [1.82, 2.24) is 24.4 Å². The maximum atomic E-state index is 14.5. The van der Waals surface area contributed by atoms with Crippen LogP contribution < -0.4 is 11.5 Å². The first-order valence-electron chi connectivity index (χ1n) is 16.1. The number of thiophene rings is 1. The average molecular weight is 736 g/mol. The van der Waals surface area contributed by atoms with E-state index in [-0.39, 0.29) is 29.3 Å². The molecule has 2 amide bonds. The van der Waals surface area contributed by atoms with Crippen molar-refractivity contribution < 1.29 is 46.2 Å². The number of primary amides is 1. The fourth-order valence-electron chi connectivity index (χ4n) is 6.69. The van der Waals surface area contributed by atoms with Gasteiger partial charge in [-0.3, -0.25) is 14.5 Å². The molecule has 12 nitrogen and oxygen atoms in total. The van der Waals surface area contributed by atoms with Crippen LogP contribution in [0.5, 0.6) is 0 Å². The molecule has 3 atom stereocenters. The lowest BCUT2D eigenvalue weighted by Gasteiger charge is -2.41. The van der Waals surface area contributed by atoms with Gasteiger partial charge in [0, 0.05) is 61.7 Å². The number of rotatable bonds is 5. The normalized spacial score (nSPS) is 21.5. The van der Waals surface area contributed by atoms with Gasteiger partial charge < -0.3 is 26.2 Å². The van der Waals surface area contributed by atoms with Gasteiger partial charge in [0.05, 0.1) is 22.9 Å². The number of alkyl halides is 3. The van der Waals surface area contributed by atoms with E-state index >= 15 is 0 Å². The predicted molar refractivity (Wildman–Crippen MR) is 173 cm³/mol. The molecule has 3 aromatic heterocycles. The van der Waals surface area contributed by atoms with Crippen LogP contribution in [0.3, 0.4) is 0 Å². The first kappa shape index (κ1) is 36.3. The van der Waals surface area contributed by atoms with E-state index in [0.717, 1.165) is 34.3 Å². The highest BCUT2D eigenvalue weighted by Gasteiger charge is 2.39. The molecule has 4 aromatic rings. The largest absolute Gasteiger partial charge is 0.490 e. The zero-order chi connectivity index (χ0) is 36.6. The summed E-state index contributed by atoms with van der Waals surface area (Å²) >= 11 is 1.55. The minimum Gasteiger partial charge on any atom is -0.475 e. The van der Waals surface area contributed by atoms with Crippen molar-refractivity contribution in [2.75, 3.05) is 26.2 Å². The van der Waals surface area contributed by atoms with Crippen molar-refractivity contribution in [3.63, 3.8) is 0 Å². The van der Waals surface area contributed by atoms with Gasteiger partial charge >= 0.3 is 12.1 Å². The molecule has 51 heavy (non-hydrogen) atoms. The molecule has 0 radical (unpaired) electrons. The standard InChI is InChI=1S/C31H33F2N7O3S.C2HF3O2/c32-18-3-4-22(33)20(12-18)28-23(34)13-19(16-43-28)39-10-7-24-21(15-39)30-36-25(27-2-1-11-44-27)14-26(40(30)37-24)31(42)38-8-5-17(6-9-38)29(35)41;3-2(4,5)1(6)7/h1-4,11-12,14,17,19,23,28H,5-10,13,15-16,34H2,(H2,35,41);(H,6,7)/t19-,23+,28-;/m1./s1. The number of nitrogens with two attached hydrogens (primary N) is 2. The van der Waals surface area contributed by atoms with Crippen molar-refractivity contribution >= 4 is 34.8 Å². The molecule has 18 heteroatoms. The number of hydrogen-bond donors (Lipinski definition) is 3. The summed E-state index contributed by atoms with van der Waals surface area (Å²) in [5.74, 6) is -4.52. The molecule has 0 saturated carbocycles. The van der Waals surface area contributed by atoms with Crippen LogP contribution >= 0.6 is 11.3 Å². The van der Waals surface area contributed by atoms with Gasteiger partial charge in [-0.25, -0.2) is 23.1 Å². The Morgan fingerprint density at radius 3 is 2.41 bits per heavy atom. The van der Waals surface area contributed by atoms with Crippen LogP contribution in [0.15, 0.2) is 41.8 Å². The summed E-state index contributed by atoms with van der Waals surface area (Å²) < 4.78 is 67.8. The van der Waals surface area contributed by atoms with Gasteiger partial charge in [-0.05, 0) is 55.0 Å². The second-order valence-electron chi connectivity index (χ2n) is 12.6. The van der Waals surface area contributed by atoms with Crippen molar-refractivity contribution in [3.05, 3.63) is 75.9 Å². The summed E-state index contributed by atoms with van der Waals surface area (Å²) in [6.07, 6.45) is -3.53. The summed E-state index contributed by atoms with van der Waals surface area (Å²) in [5.41, 5.74) is 15.7. The zero-order valence-corrected chi connectivity index (χ0v) is 27.8. The number of amides is 2. The number of fused-ring (bicyclic) bond motifs is 3. The molecule has 6 heterocycles. The lowest BCUT2D eigenvalue weighted by Crippen LogP contribution is -2.50. The Morgan fingerprint density at radius 2 is 1.78 bits per heavy atom. The summed E-state index contributed by atoms with van der Waals surface area (Å²) in [5, 5.41) is 14.0. The van der Waals surface area contributed by atoms with E-state index < -0.39 is 35.9 Å². The number of carboxylic acid groups (broad SMARTS) is 1. The fourth-order valence-corrected chi connectivity index (χ4v) is 7.38. The smallest absolute Gasteiger partial charge is 0.475 e. The Hall–Kier alpha value is -4.52. The van der Waals surface area contributed by atoms with E-state index in [9.17, 15) is 31.5 Å². The van der Waals surface area contributed by atoms with E-state index in [4.69, 9.17) is 36.2 Å². The quantitative estimate of drug-likeness (QED) is 0.257. The molecule has 3 aliphatic heterocycles. The Bertz CT molecular complexity index is 1930. The number of halogens is 5. The molecule has 0 unspecified atom stereocenters. The number of likely N-dealkylation sites (tertiary alicyclic amines) is 1. The van der Waals surface area contributed by atoms with Crippen LogP contribution in [0, 0.1) is 17.6 Å². The first-order chi connectivity index (χ1) is 24.2. The highest BCUT2D eigenvalue weighted by Crippen LogP contribution is 2.35. The minimum absolute atomic E-state index is 0.0332. The summed E-state index contributed by atoms with van der Waals surface area (Å²) in [4.78, 5) is 44.5. The van der Waals surface area contributed by atoms with E-state index in [1.54, 1.807) is 26.8 Å². The molecule has 7 rings (SSSR count). The third-order valence-electron chi connectivity index (χ3n) is 9.37. The van der Waals surface area contributed by atoms with Crippen LogP contribution in [0.2, 0.25) is 0 Å². The number of aromatic nitrogens is 3. The topological polar surface area (TPSA) is 169 Å². The molecule has 1 aromatic carbocycles. The number of benzene rings is 1. The average Bonchev–Trinajstić information content (AvgIpc) is 3.77. The molecule has 0 bridgehead atoms. The van der Waals surface area contributed by atoms with E-state index in [1.165, 1.54) is 0 Å². The fraction of sp³-hybridized carbons (Fsp3) is 0.424. The van der Waals surface area contributed by atoms with Crippen LogP contribution in [0.1, 0.15) is 52.7 Å². The lowest BCUT2D eigenvalue weighted by molar-refractivity contribution is -0.192. The van der Waals surface area contributed by atoms with Gasteiger partial charge in [0.1, 0.15) is 23.4 Å². The predicted octanol–water partition coefficient (Wildman–Crippen LogP) is 3.92. The van der Waals surface area contributed by atoms with Gasteiger partial charge in [-0.15, -0.1) is 11.3 Å².